The normalized spacial score (nSPS) is 11.3. The van der Waals surface area contributed by atoms with Crippen LogP contribution in [-0.2, 0) is 16.4 Å². The molecule has 1 amide bonds. The van der Waals surface area contributed by atoms with Crippen molar-refractivity contribution in [3.8, 4) is 0 Å². The molecule has 0 radical (unpaired) electrons. The molecule has 1 aromatic carbocycles. The summed E-state index contributed by atoms with van der Waals surface area (Å²) in [7, 11) is -3.20. The summed E-state index contributed by atoms with van der Waals surface area (Å²) >= 11 is 1.47. The quantitative estimate of drug-likeness (QED) is 0.943. The van der Waals surface area contributed by atoms with Crippen molar-refractivity contribution in [1.29, 1.82) is 0 Å². The summed E-state index contributed by atoms with van der Waals surface area (Å²) < 4.78 is 23.0. The summed E-state index contributed by atoms with van der Waals surface area (Å²) in [4.78, 5) is 12.1. The van der Waals surface area contributed by atoms with Gasteiger partial charge in [0.25, 0.3) is 5.91 Å². The van der Waals surface area contributed by atoms with Crippen LogP contribution in [0.15, 0.2) is 39.9 Å². The molecule has 1 heterocycles. The Morgan fingerprint density at radius 1 is 1.30 bits per heavy atom. The summed E-state index contributed by atoms with van der Waals surface area (Å²) in [6.45, 7) is 2.13. The molecule has 0 aliphatic rings. The van der Waals surface area contributed by atoms with Gasteiger partial charge in [-0.2, -0.15) is 11.3 Å². The summed E-state index contributed by atoms with van der Waals surface area (Å²) in [5, 5.41) is 6.44. The molecule has 2 rings (SSSR count). The molecule has 20 heavy (non-hydrogen) atoms. The van der Waals surface area contributed by atoms with Crippen LogP contribution in [0.25, 0.3) is 0 Å². The van der Waals surface area contributed by atoms with Crippen LogP contribution in [-0.4, -0.2) is 20.6 Å². The van der Waals surface area contributed by atoms with E-state index in [0.717, 1.165) is 5.56 Å². The Bertz CT molecular complexity index is 719. The van der Waals surface area contributed by atoms with E-state index in [1.807, 2.05) is 5.38 Å². The number of hydrogen-bond acceptors (Lipinski definition) is 4. The molecule has 0 saturated carbocycles. The van der Waals surface area contributed by atoms with Crippen molar-refractivity contribution in [2.75, 3.05) is 6.26 Å². The van der Waals surface area contributed by atoms with Crippen molar-refractivity contribution in [3.05, 3.63) is 51.7 Å². The van der Waals surface area contributed by atoms with E-state index >= 15 is 0 Å². The predicted octanol–water partition coefficient (Wildman–Crippen LogP) is 2.39. The molecule has 0 spiro atoms. The molecule has 0 fully saturated rings. The van der Waals surface area contributed by atoms with Crippen LogP contribution in [0.5, 0.6) is 0 Å². The lowest BCUT2D eigenvalue weighted by Gasteiger charge is -2.08. The zero-order valence-corrected chi connectivity index (χ0v) is 12.8. The van der Waals surface area contributed by atoms with Gasteiger partial charge in [0.2, 0.25) is 0 Å². The number of aryl methyl sites for hydroxylation is 1. The number of carbonyl (C=O) groups excluding carboxylic acids is 1. The zero-order valence-electron chi connectivity index (χ0n) is 11.2. The van der Waals surface area contributed by atoms with Crippen LogP contribution >= 0.6 is 11.3 Å². The van der Waals surface area contributed by atoms with Crippen LogP contribution in [0.1, 0.15) is 21.5 Å². The van der Waals surface area contributed by atoms with Crippen LogP contribution in [0.4, 0.5) is 0 Å². The summed E-state index contributed by atoms with van der Waals surface area (Å²) in [5.74, 6) is -0.129. The lowest BCUT2D eigenvalue weighted by atomic mass is 10.1. The lowest BCUT2D eigenvalue weighted by Crippen LogP contribution is -2.22. The fourth-order valence-electron chi connectivity index (χ4n) is 1.92. The lowest BCUT2D eigenvalue weighted by molar-refractivity contribution is 0.0951. The van der Waals surface area contributed by atoms with Gasteiger partial charge in [-0.15, -0.1) is 0 Å². The van der Waals surface area contributed by atoms with Gasteiger partial charge in [-0.3, -0.25) is 4.79 Å². The van der Waals surface area contributed by atoms with E-state index in [2.05, 4.69) is 5.32 Å². The Morgan fingerprint density at radius 3 is 2.60 bits per heavy atom. The average Bonchev–Trinajstić information content (AvgIpc) is 2.88. The topological polar surface area (TPSA) is 63.2 Å². The molecule has 0 bridgehead atoms. The molecule has 106 valence electrons. The van der Waals surface area contributed by atoms with Gasteiger partial charge in [-0.05, 0) is 35.6 Å². The number of amides is 1. The highest BCUT2D eigenvalue weighted by molar-refractivity contribution is 7.90. The van der Waals surface area contributed by atoms with Crippen molar-refractivity contribution < 1.29 is 13.2 Å². The van der Waals surface area contributed by atoms with Gasteiger partial charge in [0.15, 0.2) is 9.84 Å². The minimum absolute atomic E-state index is 0.129. The minimum Gasteiger partial charge on any atom is -0.348 e. The molecule has 4 nitrogen and oxygen atoms in total. The second-order valence-electron chi connectivity index (χ2n) is 4.57. The third-order valence-electron chi connectivity index (χ3n) is 2.88. The molecule has 2 aromatic rings. The summed E-state index contributed by atoms with van der Waals surface area (Å²) in [6.07, 6.45) is 1.19. The summed E-state index contributed by atoms with van der Waals surface area (Å²) in [5.41, 5.74) is 2.20. The highest BCUT2D eigenvalue weighted by Gasteiger charge is 2.11. The van der Waals surface area contributed by atoms with E-state index in [1.54, 1.807) is 36.6 Å². The van der Waals surface area contributed by atoms with Crippen LogP contribution in [0.2, 0.25) is 0 Å². The molecular weight excluding hydrogens is 294 g/mol. The van der Waals surface area contributed by atoms with Gasteiger partial charge in [0.05, 0.1) is 4.90 Å². The summed E-state index contributed by atoms with van der Waals surface area (Å²) in [6, 6.07) is 6.84. The predicted molar refractivity (Wildman–Crippen MR) is 79.8 cm³/mol. The van der Waals surface area contributed by atoms with Gasteiger partial charge in [-0.1, -0.05) is 12.1 Å². The van der Waals surface area contributed by atoms with E-state index in [-0.39, 0.29) is 5.91 Å². The third-order valence-corrected chi connectivity index (χ3v) is 4.82. The first-order chi connectivity index (χ1) is 9.38. The van der Waals surface area contributed by atoms with E-state index in [4.69, 9.17) is 0 Å². The standard InChI is InChI=1S/C14H15NO3S2/c1-10-7-11(3-4-13(10)20(2,17)18)8-15-14(16)12-5-6-19-9-12/h3-7,9H,8H2,1-2H3,(H,15,16). The molecule has 0 atom stereocenters. The Hall–Kier alpha value is -1.66. The number of sulfone groups is 1. The second kappa shape index (κ2) is 5.76. The highest BCUT2D eigenvalue weighted by atomic mass is 32.2. The van der Waals surface area contributed by atoms with Crippen LogP contribution in [0.3, 0.4) is 0 Å². The average molecular weight is 309 g/mol. The maximum Gasteiger partial charge on any atom is 0.252 e. The van der Waals surface area contributed by atoms with Crippen LogP contribution < -0.4 is 5.32 Å². The number of thiophene rings is 1. The maximum atomic E-state index is 11.8. The second-order valence-corrected chi connectivity index (χ2v) is 7.33. The fourth-order valence-corrected chi connectivity index (χ4v) is 3.51. The van der Waals surface area contributed by atoms with Gasteiger partial charge < -0.3 is 5.32 Å². The number of rotatable bonds is 4. The Kier molecular flexibility index (Phi) is 4.25. The molecule has 1 aromatic heterocycles. The molecule has 0 saturated heterocycles. The van der Waals surface area contributed by atoms with E-state index in [1.165, 1.54) is 17.6 Å². The Balaban J connectivity index is 2.08. The van der Waals surface area contributed by atoms with Crippen molar-refractivity contribution >= 4 is 27.1 Å². The molecule has 0 unspecified atom stereocenters. The zero-order chi connectivity index (χ0) is 14.8. The first-order valence-electron chi connectivity index (χ1n) is 5.98. The number of nitrogens with one attached hydrogen (secondary N) is 1. The fraction of sp³-hybridized carbons (Fsp3) is 0.214. The third kappa shape index (κ3) is 3.46. The maximum absolute atomic E-state index is 11.8. The highest BCUT2D eigenvalue weighted by Crippen LogP contribution is 2.16. The SMILES string of the molecule is Cc1cc(CNC(=O)c2ccsc2)ccc1S(C)(=O)=O. The smallest absolute Gasteiger partial charge is 0.252 e. The van der Waals surface area contributed by atoms with Crippen molar-refractivity contribution in [2.24, 2.45) is 0 Å². The Morgan fingerprint density at radius 2 is 2.05 bits per heavy atom. The monoisotopic (exact) mass is 309 g/mol. The van der Waals surface area contributed by atoms with Gasteiger partial charge in [0, 0.05) is 23.7 Å². The van der Waals surface area contributed by atoms with Gasteiger partial charge in [-0.25, -0.2) is 8.42 Å². The number of carbonyl (C=O) groups is 1. The van der Waals surface area contributed by atoms with Crippen molar-refractivity contribution in [1.82, 2.24) is 5.32 Å². The van der Waals surface area contributed by atoms with Crippen molar-refractivity contribution in [2.45, 2.75) is 18.4 Å². The largest absolute Gasteiger partial charge is 0.348 e. The number of hydrogen-bond donors (Lipinski definition) is 1. The first-order valence-corrected chi connectivity index (χ1v) is 8.81. The van der Waals surface area contributed by atoms with E-state index in [0.29, 0.717) is 22.6 Å². The van der Waals surface area contributed by atoms with Crippen LogP contribution in [0, 0.1) is 6.92 Å². The molecule has 1 N–H and O–H groups in total. The van der Waals surface area contributed by atoms with Crippen molar-refractivity contribution in [3.63, 3.8) is 0 Å². The minimum atomic E-state index is -3.20. The Labute approximate surface area is 122 Å². The molecule has 6 heteroatoms. The molecule has 0 aliphatic carbocycles. The van der Waals surface area contributed by atoms with Gasteiger partial charge in [0.1, 0.15) is 0 Å². The van der Waals surface area contributed by atoms with Gasteiger partial charge >= 0.3 is 0 Å². The van der Waals surface area contributed by atoms with E-state index < -0.39 is 9.84 Å². The molecular formula is C14H15NO3S2. The molecule has 0 aliphatic heterocycles. The van der Waals surface area contributed by atoms with E-state index in [9.17, 15) is 13.2 Å². The number of benzene rings is 1. The first kappa shape index (κ1) is 14.7.